The molecule has 5 heteroatoms. The Balaban J connectivity index is 2.44. The van der Waals surface area contributed by atoms with E-state index >= 15 is 0 Å². The topological polar surface area (TPSA) is 38.0 Å². The molecule has 2 nitrogen and oxygen atoms in total. The summed E-state index contributed by atoms with van der Waals surface area (Å²) in [6, 6.07) is 13.6. The first-order chi connectivity index (χ1) is 9.13. The van der Waals surface area contributed by atoms with Gasteiger partial charge in [0.1, 0.15) is 4.99 Å². The van der Waals surface area contributed by atoms with Gasteiger partial charge in [0.05, 0.1) is 22.0 Å². The molecule has 0 bridgehead atoms. The molecule has 98 valence electrons. The second kappa shape index (κ2) is 6.28. The third-order valence-electron chi connectivity index (χ3n) is 2.64. The minimum absolute atomic E-state index is 0.287. The van der Waals surface area contributed by atoms with Crippen LogP contribution >= 0.6 is 35.6 Å². The first kappa shape index (κ1) is 14.2. The number of nitrogens with one attached hydrogen (secondary N) is 1. The second-order valence-corrected chi connectivity index (χ2v) is 5.55. The van der Waals surface area contributed by atoms with Crippen molar-refractivity contribution in [1.29, 1.82) is 0 Å². The normalized spacial score (nSPS) is 10.2. The van der Waals surface area contributed by atoms with E-state index in [2.05, 4.69) is 11.4 Å². The molecule has 0 saturated heterocycles. The SMILES string of the molecule is CSc1ccccc1Nc1cccc(Cl)c1C(N)=S. The maximum atomic E-state index is 6.15. The summed E-state index contributed by atoms with van der Waals surface area (Å²) in [5.41, 5.74) is 8.25. The van der Waals surface area contributed by atoms with Crippen molar-refractivity contribution in [3.05, 3.63) is 53.1 Å². The van der Waals surface area contributed by atoms with E-state index in [1.165, 1.54) is 0 Å². The molecule has 0 radical (unpaired) electrons. The zero-order chi connectivity index (χ0) is 13.8. The maximum absolute atomic E-state index is 6.15. The Labute approximate surface area is 127 Å². The van der Waals surface area contributed by atoms with E-state index in [-0.39, 0.29) is 4.99 Å². The number of nitrogens with two attached hydrogens (primary N) is 1. The monoisotopic (exact) mass is 308 g/mol. The Morgan fingerprint density at radius 2 is 1.84 bits per heavy atom. The Hall–Kier alpha value is -1.23. The molecule has 2 aromatic rings. The number of thiocarbonyl (C=S) groups is 1. The van der Waals surface area contributed by atoms with E-state index in [1.807, 2.05) is 36.6 Å². The number of halogens is 1. The first-order valence-corrected chi connectivity index (χ1v) is 7.63. The molecule has 19 heavy (non-hydrogen) atoms. The molecule has 0 fully saturated rings. The highest BCUT2D eigenvalue weighted by Crippen LogP contribution is 2.31. The van der Waals surface area contributed by atoms with Gasteiger partial charge in [-0.05, 0) is 30.5 Å². The van der Waals surface area contributed by atoms with Crippen LogP contribution in [0.4, 0.5) is 11.4 Å². The highest BCUT2D eigenvalue weighted by Gasteiger charge is 2.11. The third-order valence-corrected chi connectivity index (χ3v) is 3.95. The molecule has 0 saturated carbocycles. The highest BCUT2D eigenvalue weighted by atomic mass is 35.5. The largest absolute Gasteiger partial charge is 0.389 e. The summed E-state index contributed by atoms with van der Waals surface area (Å²) < 4.78 is 0. The lowest BCUT2D eigenvalue weighted by atomic mass is 10.1. The summed E-state index contributed by atoms with van der Waals surface area (Å²) in [4.78, 5) is 1.44. The van der Waals surface area contributed by atoms with Crippen LogP contribution in [0.5, 0.6) is 0 Å². The minimum Gasteiger partial charge on any atom is -0.389 e. The molecule has 2 aromatic carbocycles. The quantitative estimate of drug-likeness (QED) is 0.647. The predicted molar refractivity (Wildman–Crippen MR) is 88.8 cm³/mol. The lowest BCUT2D eigenvalue weighted by Crippen LogP contribution is -2.12. The fourth-order valence-corrected chi connectivity index (χ4v) is 2.88. The van der Waals surface area contributed by atoms with Crippen LogP contribution in [0, 0.1) is 0 Å². The summed E-state index contributed by atoms with van der Waals surface area (Å²) in [5.74, 6) is 0. The van der Waals surface area contributed by atoms with Crippen LogP contribution in [0.25, 0.3) is 0 Å². The molecule has 0 atom stereocenters. The van der Waals surface area contributed by atoms with Gasteiger partial charge in [-0.3, -0.25) is 0 Å². The van der Waals surface area contributed by atoms with Crippen molar-refractivity contribution >= 4 is 51.9 Å². The van der Waals surface area contributed by atoms with Crippen molar-refractivity contribution in [2.75, 3.05) is 11.6 Å². The number of anilines is 2. The zero-order valence-electron chi connectivity index (χ0n) is 10.3. The molecule has 0 amide bonds. The highest BCUT2D eigenvalue weighted by molar-refractivity contribution is 7.98. The molecule has 0 aliphatic carbocycles. The van der Waals surface area contributed by atoms with E-state index in [9.17, 15) is 0 Å². The first-order valence-electron chi connectivity index (χ1n) is 5.62. The van der Waals surface area contributed by atoms with Crippen LogP contribution in [0.1, 0.15) is 5.56 Å². The van der Waals surface area contributed by atoms with Crippen molar-refractivity contribution in [3.63, 3.8) is 0 Å². The number of benzene rings is 2. The van der Waals surface area contributed by atoms with Gasteiger partial charge in [0.15, 0.2) is 0 Å². The van der Waals surface area contributed by atoms with Crippen LogP contribution < -0.4 is 11.1 Å². The number of thioether (sulfide) groups is 1. The average molecular weight is 309 g/mol. The fraction of sp³-hybridized carbons (Fsp3) is 0.0714. The Morgan fingerprint density at radius 3 is 2.53 bits per heavy atom. The van der Waals surface area contributed by atoms with Gasteiger partial charge in [-0.25, -0.2) is 0 Å². The van der Waals surface area contributed by atoms with Gasteiger partial charge in [0.25, 0.3) is 0 Å². The Kier molecular flexibility index (Phi) is 4.69. The summed E-state index contributed by atoms with van der Waals surface area (Å²) in [6.07, 6.45) is 2.03. The van der Waals surface area contributed by atoms with Crippen LogP contribution in [0.2, 0.25) is 5.02 Å². The van der Waals surface area contributed by atoms with Crippen LogP contribution in [0.3, 0.4) is 0 Å². The molecule has 0 heterocycles. The van der Waals surface area contributed by atoms with E-state index in [1.54, 1.807) is 17.8 Å². The minimum atomic E-state index is 0.287. The molecule has 2 rings (SSSR count). The van der Waals surface area contributed by atoms with Crippen molar-refractivity contribution in [2.45, 2.75) is 4.90 Å². The van der Waals surface area contributed by atoms with Crippen LogP contribution in [0.15, 0.2) is 47.4 Å². The molecule has 0 unspecified atom stereocenters. The van der Waals surface area contributed by atoms with Crippen LogP contribution in [-0.4, -0.2) is 11.2 Å². The van der Waals surface area contributed by atoms with Gasteiger partial charge in [-0.2, -0.15) is 0 Å². The Bertz CT molecular complexity index is 614. The van der Waals surface area contributed by atoms with Crippen molar-refractivity contribution in [3.8, 4) is 0 Å². The van der Waals surface area contributed by atoms with Gasteiger partial charge >= 0.3 is 0 Å². The van der Waals surface area contributed by atoms with Gasteiger partial charge in [-0.15, -0.1) is 11.8 Å². The average Bonchev–Trinajstić information content (AvgIpc) is 2.39. The molecule has 0 aliphatic heterocycles. The van der Waals surface area contributed by atoms with Crippen molar-refractivity contribution in [1.82, 2.24) is 0 Å². The van der Waals surface area contributed by atoms with E-state index in [0.29, 0.717) is 10.6 Å². The summed E-state index contributed by atoms with van der Waals surface area (Å²) in [5, 5.41) is 3.90. The number of para-hydroxylation sites is 1. The molecule has 0 aliphatic rings. The molecule has 0 aromatic heterocycles. The number of hydrogen-bond donors (Lipinski definition) is 2. The standard InChI is InChI=1S/C14H13ClN2S2/c1-19-12-8-3-2-6-10(12)17-11-7-4-5-9(15)13(11)14(16)18/h2-8,17H,1H3,(H2,16,18). The summed E-state index contributed by atoms with van der Waals surface area (Å²) in [6.45, 7) is 0. The Morgan fingerprint density at radius 1 is 1.16 bits per heavy atom. The zero-order valence-corrected chi connectivity index (χ0v) is 12.7. The lowest BCUT2D eigenvalue weighted by molar-refractivity contribution is 1.41. The van der Waals surface area contributed by atoms with E-state index in [0.717, 1.165) is 16.3 Å². The summed E-state index contributed by atoms with van der Waals surface area (Å²) in [7, 11) is 0. The van der Waals surface area contributed by atoms with Gasteiger partial charge in [0.2, 0.25) is 0 Å². The smallest absolute Gasteiger partial charge is 0.107 e. The van der Waals surface area contributed by atoms with Crippen LogP contribution in [-0.2, 0) is 0 Å². The maximum Gasteiger partial charge on any atom is 0.107 e. The van der Waals surface area contributed by atoms with Crippen molar-refractivity contribution in [2.24, 2.45) is 5.73 Å². The van der Waals surface area contributed by atoms with E-state index in [4.69, 9.17) is 29.6 Å². The van der Waals surface area contributed by atoms with Gasteiger partial charge in [0, 0.05) is 4.90 Å². The molecule has 3 N–H and O–H groups in total. The second-order valence-electron chi connectivity index (χ2n) is 3.85. The third kappa shape index (κ3) is 3.21. The lowest BCUT2D eigenvalue weighted by Gasteiger charge is -2.14. The molecule has 0 spiro atoms. The molecular weight excluding hydrogens is 296 g/mol. The number of hydrogen-bond acceptors (Lipinski definition) is 3. The fourth-order valence-electron chi connectivity index (χ4n) is 1.77. The van der Waals surface area contributed by atoms with Crippen molar-refractivity contribution < 1.29 is 0 Å². The molecular formula is C14H13ClN2S2. The summed E-state index contributed by atoms with van der Waals surface area (Å²) >= 11 is 12.9. The van der Waals surface area contributed by atoms with Gasteiger partial charge in [-0.1, -0.05) is 42.0 Å². The predicted octanol–water partition coefficient (Wildman–Crippen LogP) is 4.44. The van der Waals surface area contributed by atoms with Gasteiger partial charge < -0.3 is 11.1 Å². The van der Waals surface area contributed by atoms with E-state index < -0.39 is 0 Å². The number of rotatable bonds is 4.